The van der Waals surface area contributed by atoms with Gasteiger partial charge < -0.3 is 5.32 Å². The van der Waals surface area contributed by atoms with Crippen LogP contribution in [0.15, 0.2) is 0 Å². The molecule has 0 saturated heterocycles. The summed E-state index contributed by atoms with van der Waals surface area (Å²) >= 11 is 3.42. The normalized spacial score (nSPS) is 16.8. The van der Waals surface area contributed by atoms with Crippen molar-refractivity contribution in [3.63, 3.8) is 0 Å². The standard InChI is InChI=1S/C8H18BrN/c1-4-7(2)10-8(3)5-6-9/h7-8,10H,4-6H2,1-3H3. The van der Waals surface area contributed by atoms with Crippen molar-refractivity contribution in [2.24, 2.45) is 0 Å². The van der Waals surface area contributed by atoms with Crippen LogP contribution in [0.5, 0.6) is 0 Å². The Morgan fingerprint density at radius 1 is 1.30 bits per heavy atom. The first-order valence-corrected chi connectivity index (χ1v) is 5.14. The molecule has 0 aliphatic rings. The largest absolute Gasteiger partial charge is 0.312 e. The second kappa shape index (κ2) is 6.17. The van der Waals surface area contributed by atoms with Crippen molar-refractivity contribution >= 4 is 15.9 Å². The van der Waals surface area contributed by atoms with E-state index in [0.717, 1.165) is 5.33 Å². The Labute approximate surface area is 72.7 Å². The fourth-order valence-electron chi connectivity index (χ4n) is 0.851. The molecule has 0 amide bonds. The van der Waals surface area contributed by atoms with E-state index in [2.05, 4.69) is 42.0 Å². The van der Waals surface area contributed by atoms with E-state index in [1.54, 1.807) is 0 Å². The van der Waals surface area contributed by atoms with Crippen LogP contribution in [0, 0.1) is 0 Å². The van der Waals surface area contributed by atoms with Crippen LogP contribution in [-0.2, 0) is 0 Å². The summed E-state index contributed by atoms with van der Waals surface area (Å²) in [6, 6.07) is 1.31. The molecule has 0 aliphatic heterocycles. The molecule has 0 rings (SSSR count). The first-order valence-electron chi connectivity index (χ1n) is 4.02. The van der Waals surface area contributed by atoms with E-state index in [4.69, 9.17) is 0 Å². The summed E-state index contributed by atoms with van der Waals surface area (Å²) < 4.78 is 0. The van der Waals surface area contributed by atoms with Crippen molar-refractivity contribution in [1.82, 2.24) is 5.32 Å². The molecule has 0 spiro atoms. The van der Waals surface area contributed by atoms with Gasteiger partial charge in [-0.1, -0.05) is 22.9 Å². The summed E-state index contributed by atoms with van der Waals surface area (Å²) in [5.41, 5.74) is 0. The zero-order valence-electron chi connectivity index (χ0n) is 7.15. The Bertz CT molecular complexity index is 75.7. The van der Waals surface area contributed by atoms with Gasteiger partial charge >= 0.3 is 0 Å². The predicted molar refractivity (Wildman–Crippen MR) is 50.8 cm³/mol. The van der Waals surface area contributed by atoms with E-state index in [1.165, 1.54) is 12.8 Å². The monoisotopic (exact) mass is 207 g/mol. The molecule has 2 heteroatoms. The van der Waals surface area contributed by atoms with Crippen LogP contribution in [0.1, 0.15) is 33.6 Å². The molecule has 0 aliphatic carbocycles. The number of rotatable bonds is 5. The van der Waals surface area contributed by atoms with Gasteiger partial charge in [-0.25, -0.2) is 0 Å². The minimum atomic E-state index is 0.648. The summed E-state index contributed by atoms with van der Waals surface area (Å²) in [6.07, 6.45) is 2.43. The minimum absolute atomic E-state index is 0.648. The molecule has 2 unspecified atom stereocenters. The van der Waals surface area contributed by atoms with Gasteiger partial charge in [0.1, 0.15) is 0 Å². The Morgan fingerprint density at radius 2 is 1.90 bits per heavy atom. The zero-order valence-corrected chi connectivity index (χ0v) is 8.74. The van der Waals surface area contributed by atoms with Crippen molar-refractivity contribution in [3.8, 4) is 0 Å². The Morgan fingerprint density at radius 3 is 2.30 bits per heavy atom. The molecular formula is C8H18BrN. The van der Waals surface area contributed by atoms with Crippen molar-refractivity contribution in [1.29, 1.82) is 0 Å². The van der Waals surface area contributed by atoms with Crippen LogP contribution < -0.4 is 5.32 Å². The maximum absolute atomic E-state index is 3.50. The van der Waals surface area contributed by atoms with Crippen LogP contribution in [-0.4, -0.2) is 17.4 Å². The van der Waals surface area contributed by atoms with Crippen LogP contribution in [0.3, 0.4) is 0 Å². The second-order valence-corrected chi connectivity index (χ2v) is 3.65. The Kier molecular flexibility index (Phi) is 6.44. The van der Waals surface area contributed by atoms with Crippen LogP contribution in [0.2, 0.25) is 0 Å². The maximum atomic E-state index is 3.50. The second-order valence-electron chi connectivity index (χ2n) is 2.85. The topological polar surface area (TPSA) is 12.0 Å². The van der Waals surface area contributed by atoms with Crippen molar-refractivity contribution < 1.29 is 0 Å². The summed E-state index contributed by atoms with van der Waals surface area (Å²) in [5.74, 6) is 0. The average molecular weight is 208 g/mol. The van der Waals surface area contributed by atoms with Gasteiger partial charge in [-0.05, 0) is 26.7 Å². The fourth-order valence-corrected chi connectivity index (χ4v) is 1.54. The third-order valence-electron chi connectivity index (χ3n) is 1.72. The van der Waals surface area contributed by atoms with Gasteiger partial charge in [0.15, 0.2) is 0 Å². The Balaban J connectivity index is 3.27. The first kappa shape index (κ1) is 10.4. The van der Waals surface area contributed by atoms with Crippen LogP contribution in [0.4, 0.5) is 0 Å². The highest BCUT2D eigenvalue weighted by atomic mass is 79.9. The smallest absolute Gasteiger partial charge is 0.00491 e. The highest BCUT2D eigenvalue weighted by Gasteiger charge is 2.03. The number of nitrogens with one attached hydrogen (secondary N) is 1. The van der Waals surface area contributed by atoms with E-state index >= 15 is 0 Å². The van der Waals surface area contributed by atoms with Gasteiger partial charge in [0.05, 0.1) is 0 Å². The zero-order chi connectivity index (χ0) is 7.98. The molecule has 0 aromatic rings. The molecule has 2 atom stereocenters. The number of hydrogen-bond acceptors (Lipinski definition) is 1. The van der Waals surface area contributed by atoms with Gasteiger partial charge in [-0.3, -0.25) is 0 Å². The van der Waals surface area contributed by atoms with E-state index in [9.17, 15) is 0 Å². The molecule has 1 nitrogen and oxygen atoms in total. The van der Waals surface area contributed by atoms with Crippen LogP contribution in [0.25, 0.3) is 0 Å². The molecule has 62 valence electrons. The number of hydrogen-bond donors (Lipinski definition) is 1. The third-order valence-corrected chi connectivity index (χ3v) is 2.18. The summed E-state index contributed by atoms with van der Waals surface area (Å²) in [5, 5.41) is 4.60. The molecule has 0 fully saturated rings. The van der Waals surface area contributed by atoms with Gasteiger partial charge in [-0.2, -0.15) is 0 Å². The van der Waals surface area contributed by atoms with Gasteiger partial charge in [-0.15, -0.1) is 0 Å². The SMILES string of the molecule is CCC(C)NC(C)CCBr. The first-order chi connectivity index (χ1) is 4.70. The highest BCUT2D eigenvalue weighted by molar-refractivity contribution is 9.09. The Hall–Kier alpha value is 0.440. The molecule has 0 bridgehead atoms. The lowest BCUT2D eigenvalue weighted by atomic mass is 10.2. The van der Waals surface area contributed by atoms with E-state index in [-0.39, 0.29) is 0 Å². The van der Waals surface area contributed by atoms with Crippen LogP contribution >= 0.6 is 15.9 Å². The molecule has 0 aromatic heterocycles. The summed E-state index contributed by atoms with van der Waals surface area (Å²) in [4.78, 5) is 0. The molecule has 0 radical (unpaired) electrons. The molecule has 10 heavy (non-hydrogen) atoms. The molecule has 0 aromatic carbocycles. The lowest BCUT2D eigenvalue weighted by Crippen LogP contribution is -2.34. The van der Waals surface area contributed by atoms with Gasteiger partial charge in [0.2, 0.25) is 0 Å². The lowest BCUT2D eigenvalue weighted by Gasteiger charge is -2.17. The molecular weight excluding hydrogens is 190 g/mol. The van der Waals surface area contributed by atoms with Crippen molar-refractivity contribution in [2.75, 3.05) is 5.33 Å². The molecule has 0 heterocycles. The lowest BCUT2D eigenvalue weighted by molar-refractivity contribution is 0.451. The number of alkyl halides is 1. The van der Waals surface area contributed by atoms with Crippen molar-refractivity contribution in [2.45, 2.75) is 45.7 Å². The fraction of sp³-hybridized carbons (Fsp3) is 1.00. The van der Waals surface area contributed by atoms with Gasteiger partial charge in [0.25, 0.3) is 0 Å². The predicted octanol–water partition coefficient (Wildman–Crippen LogP) is 2.55. The molecule has 1 N–H and O–H groups in total. The highest BCUT2D eigenvalue weighted by Crippen LogP contribution is 1.98. The van der Waals surface area contributed by atoms with Gasteiger partial charge in [0, 0.05) is 17.4 Å². The summed E-state index contributed by atoms with van der Waals surface area (Å²) in [7, 11) is 0. The quantitative estimate of drug-likeness (QED) is 0.684. The van der Waals surface area contributed by atoms with E-state index in [0.29, 0.717) is 12.1 Å². The minimum Gasteiger partial charge on any atom is -0.312 e. The maximum Gasteiger partial charge on any atom is 0.00491 e. The third kappa shape index (κ3) is 5.24. The molecule has 0 saturated carbocycles. The average Bonchev–Trinajstić information content (AvgIpc) is 1.88. The van der Waals surface area contributed by atoms with Crippen molar-refractivity contribution in [3.05, 3.63) is 0 Å². The van der Waals surface area contributed by atoms with E-state index in [1.807, 2.05) is 0 Å². The summed E-state index contributed by atoms with van der Waals surface area (Å²) in [6.45, 7) is 6.66. The van der Waals surface area contributed by atoms with E-state index < -0.39 is 0 Å². The number of halogens is 1.